The van der Waals surface area contributed by atoms with Crippen LogP contribution >= 0.6 is 22.6 Å². The van der Waals surface area contributed by atoms with E-state index in [1.54, 1.807) is 17.0 Å². The van der Waals surface area contributed by atoms with E-state index in [4.69, 9.17) is 9.84 Å². The Hall–Kier alpha value is -1.31. The number of amides is 1. The minimum absolute atomic E-state index is 0.0852. The van der Waals surface area contributed by atoms with E-state index >= 15 is 0 Å². The molecule has 0 unspecified atom stereocenters. The summed E-state index contributed by atoms with van der Waals surface area (Å²) < 4.78 is 6.23. The monoisotopic (exact) mass is 403 g/mol. The smallest absolute Gasteiger partial charge is 0.339 e. The largest absolute Gasteiger partial charge is 0.483 e. The van der Waals surface area contributed by atoms with E-state index in [9.17, 15) is 9.59 Å². The van der Waals surface area contributed by atoms with Crippen molar-refractivity contribution in [2.75, 3.05) is 19.7 Å². The molecule has 5 nitrogen and oxygen atoms in total. The predicted molar refractivity (Wildman–Crippen MR) is 86.6 cm³/mol. The van der Waals surface area contributed by atoms with Gasteiger partial charge in [-0.1, -0.05) is 6.92 Å². The van der Waals surface area contributed by atoms with E-state index in [1.165, 1.54) is 6.07 Å². The number of carbonyl (C=O) groups excluding carboxylic acids is 1. The first kappa shape index (κ1) is 16.1. The lowest BCUT2D eigenvalue weighted by atomic mass is 9.99. The highest BCUT2D eigenvalue weighted by atomic mass is 127. The van der Waals surface area contributed by atoms with Gasteiger partial charge in [0.15, 0.2) is 6.61 Å². The normalized spacial score (nSPS) is 15.8. The first-order valence-corrected chi connectivity index (χ1v) is 7.98. The van der Waals surface area contributed by atoms with Crippen LogP contribution < -0.4 is 4.74 Å². The molecular formula is C15H18INO4. The van der Waals surface area contributed by atoms with E-state index in [2.05, 4.69) is 6.92 Å². The van der Waals surface area contributed by atoms with Crippen LogP contribution in [0.5, 0.6) is 5.75 Å². The van der Waals surface area contributed by atoms with Gasteiger partial charge in [0, 0.05) is 16.7 Å². The third kappa shape index (κ3) is 4.33. The fourth-order valence-electron chi connectivity index (χ4n) is 2.28. The highest BCUT2D eigenvalue weighted by molar-refractivity contribution is 14.1. The zero-order chi connectivity index (χ0) is 15.4. The van der Waals surface area contributed by atoms with Gasteiger partial charge < -0.3 is 14.7 Å². The standard InChI is InChI=1S/C15H18INO4/c1-10-4-6-17(7-5-10)14(18)9-21-13-3-2-11(16)8-12(13)15(19)20/h2-3,8,10H,4-7,9H2,1H3,(H,19,20). The summed E-state index contributed by atoms with van der Waals surface area (Å²) in [6.45, 7) is 3.57. The number of hydrogen-bond donors (Lipinski definition) is 1. The molecule has 6 heteroatoms. The number of piperidine rings is 1. The van der Waals surface area contributed by atoms with Crippen LogP contribution in [0.25, 0.3) is 0 Å². The molecule has 1 aromatic carbocycles. The van der Waals surface area contributed by atoms with Crippen LogP contribution in [-0.2, 0) is 4.79 Å². The number of nitrogens with zero attached hydrogens (tertiary/aromatic N) is 1. The molecule has 21 heavy (non-hydrogen) atoms. The first-order valence-electron chi connectivity index (χ1n) is 6.91. The fourth-order valence-corrected chi connectivity index (χ4v) is 2.78. The van der Waals surface area contributed by atoms with Gasteiger partial charge in [-0.15, -0.1) is 0 Å². The molecule has 1 amide bonds. The van der Waals surface area contributed by atoms with Gasteiger partial charge >= 0.3 is 5.97 Å². The molecule has 0 saturated carbocycles. The summed E-state index contributed by atoms with van der Waals surface area (Å²) in [5, 5.41) is 9.15. The number of ether oxygens (including phenoxy) is 1. The Morgan fingerprint density at radius 3 is 2.67 bits per heavy atom. The van der Waals surface area contributed by atoms with Crippen LogP contribution in [0.4, 0.5) is 0 Å². The Labute approximate surface area is 137 Å². The third-order valence-corrected chi connectivity index (χ3v) is 4.33. The molecule has 1 aromatic rings. The lowest BCUT2D eigenvalue weighted by Gasteiger charge is -2.30. The highest BCUT2D eigenvalue weighted by Gasteiger charge is 2.21. The van der Waals surface area contributed by atoms with Gasteiger partial charge in [-0.2, -0.15) is 0 Å². The molecule has 0 atom stereocenters. The predicted octanol–water partition coefficient (Wildman–Crippen LogP) is 2.63. The first-order chi connectivity index (χ1) is 9.97. The number of likely N-dealkylation sites (tertiary alicyclic amines) is 1. The second-order valence-corrected chi connectivity index (χ2v) is 6.54. The van der Waals surface area contributed by atoms with Gasteiger partial charge in [0.05, 0.1) is 0 Å². The number of carbonyl (C=O) groups is 2. The number of halogens is 1. The third-order valence-electron chi connectivity index (χ3n) is 3.66. The minimum atomic E-state index is -1.05. The molecule has 1 aliphatic heterocycles. The molecule has 0 spiro atoms. The van der Waals surface area contributed by atoms with Crippen molar-refractivity contribution < 1.29 is 19.4 Å². The summed E-state index contributed by atoms with van der Waals surface area (Å²) in [5.41, 5.74) is 0.0852. The maximum absolute atomic E-state index is 12.1. The van der Waals surface area contributed by atoms with Crippen molar-refractivity contribution in [1.82, 2.24) is 4.90 Å². The summed E-state index contributed by atoms with van der Waals surface area (Å²) in [5.74, 6) is -0.244. The van der Waals surface area contributed by atoms with E-state index in [1.807, 2.05) is 22.6 Å². The molecule has 1 fully saturated rings. The van der Waals surface area contributed by atoms with Crippen molar-refractivity contribution in [3.8, 4) is 5.75 Å². The summed E-state index contributed by atoms with van der Waals surface area (Å²) >= 11 is 2.04. The number of rotatable bonds is 4. The molecule has 2 rings (SSSR count). The molecule has 114 valence electrons. The van der Waals surface area contributed by atoms with Crippen molar-refractivity contribution in [2.45, 2.75) is 19.8 Å². The van der Waals surface area contributed by atoms with Crippen molar-refractivity contribution in [3.63, 3.8) is 0 Å². The van der Waals surface area contributed by atoms with Crippen LogP contribution in [0.2, 0.25) is 0 Å². The number of aromatic carboxylic acids is 1. The molecule has 1 heterocycles. The topological polar surface area (TPSA) is 66.8 Å². The van der Waals surface area contributed by atoms with Crippen LogP contribution in [0.3, 0.4) is 0 Å². The quantitative estimate of drug-likeness (QED) is 0.786. The summed E-state index contributed by atoms with van der Waals surface area (Å²) in [6.07, 6.45) is 2.02. The molecular weight excluding hydrogens is 385 g/mol. The highest BCUT2D eigenvalue weighted by Crippen LogP contribution is 2.22. The summed E-state index contributed by atoms with van der Waals surface area (Å²) in [6, 6.07) is 4.89. The van der Waals surface area contributed by atoms with E-state index in [-0.39, 0.29) is 23.8 Å². The Balaban J connectivity index is 1.96. The maximum atomic E-state index is 12.1. The number of carboxylic acid groups (broad SMARTS) is 1. The SMILES string of the molecule is CC1CCN(C(=O)COc2ccc(I)cc2C(=O)O)CC1. The zero-order valence-electron chi connectivity index (χ0n) is 11.8. The molecule has 1 aliphatic rings. The average Bonchev–Trinajstić information content (AvgIpc) is 2.46. The Morgan fingerprint density at radius 1 is 1.38 bits per heavy atom. The van der Waals surface area contributed by atoms with Crippen molar-refractivity contribution >= 4 is 34.5 Å². The summed E-state index contributed by atoms with van der Waals surface area (Å²) in [7, 11) is 0. The second kappa shape index (κ2) is 7.11. The number of hydrogen-bond acceptors (Lipinski definition) is 3. The minimum Gasteiger partial charge on any atom is -0.483 e. The van der Waals surface area contributed by atoms with E-state index < -0.39 is 5.97 Å². The van der Waals surface area contributed by atoms with Crippen LogP contribution in [0.15, 0.2) is 18.2 Å². The molecule has 1 N–H and O–H groups in total. The van der Waals surface area contributed by atoms with Crippen molar-refractivity contribution in [1.29, 1.82) is 0 Å². The van der Waals surface area contributed by atoms with Gasteiger partial charge in [-0.25, -0.2) is 4.79 Å². The number of benzene rings is 1. The fraction of sp³-hybridized carbons (Fsp3) is 0.467. The number of carboxylic acids is 1. The van der Waals surface area contributed by atoms with Crippen molar-refractivity contribution in [3.05, 3.63) is 27.3 Å². The average molecular weight is 403 g/mol. The molecule has 0 aromatic heterocycles. The molecule has 0 aliphatic carbocycles. The van der Waals surface area contributed by atoms with Crippen LogP contribution in [0, 0.1) is 9.49 Å². The molecule has 0 radical (unpaired) electrons. The van der Waals surface area contributed by atoms with Crippen LogP contribution in [0.1, 0.15) is 30.1 Å². The summed E-state index contributed by atoms with van der Waals surface area (Å²) in [4.78, 5) is 25.0. The lowest BCUT2D eigenvalue weighted by molar-refractivity contribution is -0.134. The molecule has 0 bridgehead atoms. The Kier molecular flexibility index (Phi) is 5.44. The lowest BCUT2D eigenvalue weighted by Crippen LogP contribution is -2.40. The molecule has 1 saturated heterocycles. The Bertz CT molecular complexity index is 538. The van der Waals surface area contributed by atoms with Gasteiger partial charge in [-0.05, 0) is 59.5 Å². The van der Waals surface area contributed by atoms with Gasteiger partial charge in [0.25, 0.3) is 5.91 Å². The maximum Gasteiger partial charge on any atom is 0.339 e. The van der Waals surface area contributed by atoms with E-state index in [0.29, 0.717) is 5.92 Å². The second-order valence-electron chi connectivity index (χ2n) is 5.30. The van der Waals surface area contributed by atoms with Gasteiger partial charge in [0.1, 0.15) is 11.3 Å². The zero-order valence-corrected chi connectivity index (χ0v) is 14.0. The van der Waals surface area contributed by atoms with Gasteiger partial charge in [0.2, 0.25) is 0 Å². The van der Waals surface area contributed by atoms with Crippen LogP contribution in [-0.4, -0.2) is 41.6 Å². The van der Waals surface area contributed by atoms with Gasteiger partial charge in [-0.3, -0.25) is 4.79 Å². The van der Waals surface area contributed by atoms with Crippen molar-refractivity contribution in [2.24, 2.45) is 5.92 Å². The van der Waals surface area contributed by atoms with E-state index in [0.717, 1.165) is 29.5 Å². The Morgan fingerprint density at radius 2 is 2.05 bits per heavy atom.